The summed E-state index contributed by atoms with van der Waals surface area (Å²) in [6.07, 6.45) is 8.89. The number of allylic oxidation sites excluding steroid dienone is 3. The van der Waals surface area contributed by atoms with Crippen LogP contribution < -0.4 is 14.8 Å². The van der Waals surface area contributed by atoms with Crippen molar-refractivity contribution in [2.45, 2.75) is 78.8 Å². The molecular weight excluding hydrogens is 694 g/mol. The number of rotatable bonds is 13. The van der Waals surface area contributed by atoms with Crippen molar-refractivity contribution >= 4 is 51.5 Å². The van der Waals surface area contributed by atoms with E-state index in [1.807, 2.05) is 38.1 Å². The van der Waals surface area contributed by atoms with Crippen LogP contribution in [0.4, 0.5) is 5.95 Å². The van der Waals surface area contributed by atoms with Crippen molar-refractivity contribution < 1.29 is 27.5 Å². The first-order chi connectivity index (χ1) is 23.7. The number of aromatic nitrogens is 4. The maximum Gasteiger partial charge on any atom is 0.344 e. The summed E-state index contributed by atoms with van der Waals surface area (Å²) < 4.78 is 44.6. The number of fused-ring (bicyclic) bond motifs is 1. The number of ether oxygens (including phenoxy) is 1. The third kappa shape index (κ3) is 9.99. The van der Waals surface area contributed by atoms with E-state index < -0.39 is 16.2 Å². The summed E-state index contributed by atoms with van der Waals surface area (Å²) >= 11 is 0. The molecule has 13 nitrogen and oxygen atoms in total. The van der Waals surface area contributed by atoms with Crippen LogP contribution in [-0.2, 0) is 21.5 Å². The number of anilines is 1. The average molecular weight is 736 g/mol. The molecule has 0 radical (unpaired) electrons. The quantitative estimate of drug-likeness (QED) is 0.134. The van der Waals surface area contributed by atoms with Crippen LogP contribution in [0.3, 0.4) is 0 Å². The Bertz CT molecular complexity index is 2110. The number of furan rings is 1. The number of carbonyl (C=O) groups is 1. The molecule has 2 aliphatic carbocycles. The normalized spacial score (nSPS) is 16.1. The largest absolute Gasteiger partial charge is 0.478 e. The minimum Gasteiger partial charge on any atom is -0.478 e. The zero-order valence-electron chi connectivity index (χ0n) is 29.1. The van der Waals surface area contributed by atoms with Gasteiger partial charge in [-0.05, 0) is 55.7 Å². The van der Waals surface area contributed by atoms with E-state index in [4.69, 9.17) is 14.1 Å². The van der Waals surface area contributed by atoms with Gasteiger partial charge in [-0.15, -0.1) is 16.8 Å². The van der Waals surface area contributed by atoms with Gasteiger partial charge < -0.3 is 19.6 Å². The molecule has 3 aromatic heterocycles. The first kappa shape index (κ1) is 37.6. The Morgan fingerprint density at radius 1 is 1.14 bits per heavy atom. The fourth-order valence-corrected chi connectivity index (χ4v) is 6.68. The standard InChI is InChI=1S/C36H41N7O6S.ClH/c1-21-8-6-9-22(2)32(21)28-16-31(41-35(40-28)43-50(46,47)42-25-11-7-10-24(14-25)34(44)45)48-20-26(17-36(3,4)5)37-18-27-19-38-33-29(39-27)15-30(49-33)23-12-13-23;/h6-11,15-16,19,23,26,37H,12-14,17-18,20H2,1-5H3,(H,44,45)(H,40,41,43);1H/t26-;/m1./s1. The summed E-state index contributed by atoms with van der Waals surface area (Å²) in [6, 6.07) is 9.38. The average Bonchev–Trinajstić information content (AvgIpc) is 3.80. The van der Waals surface area contributed by atoms with Gasteiger partial charge in [-0.3, -0.25) is 0 Å². The van der Waals surface area contributed by atoms with E-state index in [9.17, 15) is 18.3 Å². The molecule has 1 fully saturated rings. The van der Waals surface area contributed by atoms with Gasteiger partial charge in [0.25, 0.3) is 0 Å². The molecule has 0 bridgehead atoms. The SMILES string of the molecule is Cc1cccc(C)c1-c1cc(OC[C@@H](CC(C)(C)C)NCc2cnc3oc(C4CC4)cc3n2)nc(NS(=O)(=O)N=C2C=CC=C(C(=O)O)C2)n1.Cl. The third-order valence-electron chi connectivity index (χ3n) is 8.28. The van der Waals surface area contributed by atoms with E-state index in [-0.39, 0.29) is 60.0 Å². The van der Waals surface area contributed by atoms with E-state index in [1.165, 1.54) is 18.2 Å². The number of benzene rings is 1. The van der Waals surface area contributed by atoms with Gasteiger partial charge in [0.2, 0.25) is 17.5 Å². The first-order valence-corrected chi connectivity index (χ1v) is 17.9. The number of nitrogens with one attached hydrogen (secondary N) is 2. The molecule has 0 saturated heterocycles. The van der Waals surface area contributed by atoms with Crippen LogP contribution >= 0.6 is 12.4 Å². The zero-order valence-corrected chi connectivity index (χ0v) is 30.8. The van der Waals surface area contributed by atoms with Gasteiger partial charge in [0, 0.05) is 48.2 Å². The smallest absolute Gasteiger partial charge is 0.344 e. The zero-order chi connectivity index (χ0) is 35.6. The summed E-state index contributed by atoms with van der Waals surface area (Å²) in [6.45, 7) is 11.0. The Morgan fingerprint density at radius 2 is 1.88 bits per heavy atom. The molecule has 6 rings (SSSR count). The number of carboxylic acids is 1. The van der Waals surface area contributed by atoms with Crippen LogP contribution in [0.25, 0.3) is 22.5 Å². The predicted octanol–water partition coefficient (Wildman–Crippen LogP) is 6.64. The summed E-state index contributed by atoms with van der Waals surface area (Å²) in [5.74, 6) is 0.212. The number of carboxylic acid groups (broad SMARTS) is 1. The molecule has 2 aliphatic rings. The van der Waals surface area contributed by atoms with Gasteiger partial charge in [-0.25, -0.2) is 24.5 Å². The Labute approximate surface area is 303 Å². The Kier molecular flexibility index (Phi) is 11.3. The number of aliphatic carboxylic acids is 1. The number of hydrogen-bond donors (Lipinski definition) is 3. The molecular formula is C36H42ClN7O6S. The fourth-order valence-electron chi connectivity index (χ4n) is 5.88. The molecule has 1 saturated carbocycles. The van der Waals surface area contributed by atoms with Crippen LogP contribution in [0.2, 0.25) is 0 Å². The van der Waals surface area contributed by atoms with E-state index in [0.29, 0.717) is 23.9 Å². The monoisotopic (exact) mass is 735 g/mol. The van der Waals surface area contributed by atoms with E-state index in [1.54, 1.807) is 12.3 Å². The molecule has 0 spiro atoms. The molecule has 1 aromatic carbocycles. The van der Waals surface area contributed by atoms with Crippen molar-refractivity contribution in [2.75, 3.05) is 11.3 Å². The van der Waals surface area contributed by atoms with Crippen LogP contribution in [0.15, 0.2) is 69.1 Å². The molecule has 4 aromatic rings. The Balaban J connectivity index is 0.00000504. The molecule has 0 amide bonds. The second-order valence-corrected chi connectivity index (χ2v) is 15.3. The summed E-state index contributed by atoms with van der Waals surface area (Å²) in [4.78, 5) is 29.6. The lowest BCUT2D eigenvalue weighted by atomic mass is 9.88. The summed E-state index contributed by atoms with van der Waals surface area (Å²) in [5, 5.41) is 12.9. The number of halogens is 1. The van der Waals surface area contributed by atoms with Gasteiger partial charge in [-0.1, -0.05) is 51.1 Å². The van der Waals surface area contributed by atoms with Crippen molar-refractivity contribution in [1.82, 2.24) is 25.3 Å². The van der Waals surface area contributed by atoms with Crippen molar-refractivity contribution in [1.29, 1.82) is 0 Å². The van der Waals surface area contributed by atoms with Gasteiger partial charge >= 0.3 is 16.2 Å². The highest BCUT2D eigenvalue weighted by atomic mass is 35.5. The summed E-state index contributed by atoms with van der Waals surface area (Å²) in [7, 11) is -4.38. The van der Waals surface area contributed by atoms with Gasteiger partial charge in [0.15, 0.2) is 0 Å². The van der Waals surface area contributed by atoms with Gasteiger partial charge in [0.1, 0.15) is 17.9 Å². The highest BCUT2D eigenvalue weighted by Gasteiger charge is 2.28. The predicted molar refractivity (Wildman–Crippen MR) is 198 cm³/mol. The molecule has 1 atom stereocenters. The van der Waals surface area contributed by atoms with Crippen molar-refractivity contribution in [2.24, 2.45) is 9.81 Å². The molecule has 0 unspecified atom stereocenters. The van der Waals surface area contributed by atoms with Gasteiger partial charge in [-0.2, -0.15) is 13.4 Å². The lowest BCUT2D eigenvalue weighted by Gasteiger charge is -2.27. The van der Waals surface area contributed by atoms with Gasteiger partial charge in [0.05, 0.1) is 23.3 Å². The minimum absolute atomic E-state index is 0. The van der Waals surface area contributed by atoms with Crippen LogP contribution in [-0.4, -0.2) is 57.8 Å². The fraction of sp³-hybridized carbons (Fsp3) is 0.389. The van der Waals surface area contributed by atoms with E-state index in [0.717, 1.165) is 52.9 Å². The highest BCUT2D eigenvalue weighted by molar-refractivity contribution is 7.91. The minimum atomic E-state index is -4.38. The number of aryl methyl sites for hydroxylation is 2. The van der Waals surface area contributed by atoms with Crippen LogP contribution in [0, 0.1) is 19.3 Å². The lowest BCUT2D eigenvalue weighted by molar-refractivity contribution is -0.132. The lowest BCUT2D eigenvalue weighted by Crippen LogP contribution is -2.37. The van der Waals surface area contributed by atoms with Crippen LogP contribution in [0.5, 0.6) is 5.88 Å². The molecule has 3 N–H and O–H groups in total. The molecule has 15 heteroatoms. The van der Waals surface area contributed by atoms with Crippen molar-refractivity contribution in [3.05, 3.63) is 82.9 Å². The third-order valence-corrected chi connectivity index (χ3v) is 9.20. The maximum absolute atomic E-state index is 13.2. The Hall–Kier alpha value is -4.66. The van der Waals surface area contributed by atoms with Crippen molar-refractivity contribution in [3.63, 3.8) is 0 Å². The maximum atomic E-state index is 13.2. The second kappa shape index (κ2) is 15.3. The van der Waals surface area contributed by atoms with E-state index >= 15 is 0 Å². The molecule has 3 heterocycles. The number of nitrogens with zero attached hydrogens (tertiary/aromatic N) is 5. The molecule has 270 valence electrons. The van der Waals surface area contributed by atoms with Crippen molar-refractivity contribution in [3.8, 4) is 17.1 Å². The highest BCUT2D eigenvalue weighted by Crippen LogP contribution is 2.41. The van der Waals surface area contributed by atoms with E-state index in [2.05, 4.69) is 50.2 Å². The topological polar surface area (TPSA) is 182 Å². The molecule has 51 heavy (non-hydrogen) atoms. The van der Waals surface area contributed by atoms with Crippen LogP contribution in [0.1, 0.15) is 75.0 Å². The first-order valence-electron chi connectivity index (χ1n) is 16.5. The Morgan fingerprint density at radius 3 is 2.57 bits per heavy atom. The molecule has 0 aliphatic heterocycles. The summed E-state index contributed by atoms with van der Waals surface area (Å²) in [5.41, 5.74) is 5.29. The number of hydrogen-bond acceptors (Lipinski definition) is 10. The second-order valence-electron chi connectivity index (χ2n) is 14.0.